The molecule has 1 aromatic rings. The second-order valence-electron chi connectivity index (χ2n) is 5.36. The average molecular weight is 272 g/mol. The van der Waals surface area contributed by atoms with Gasteiger partial charge in [-0.05, 0) is 36.0 Å². The number of rotatable bonds is 4. The van der Waals surface area contributed by atoms with Crippen molar-refractivity contribution in [3.63, 3.8) is 0 Å². The van der Waals surface area contributed by atoms with E-state index in [1.54, 1.807) is 6.07 Å². The quantitative estimate of drug-likeness (QED) is 0.840. The summed E-state index contributed by atoms with van der Waals surface area (Å²) in [5, 5.41) is 4.96. The summed E-state index contributed by atoms with van der Waals surface area (Å²) in [6.45, 7) is 4.27. The van der Waals surface area contributed by atoms with E-state index in [1.165, 1.54) is 25.7 Å². The van der Waals surface area contributed by atoms with Gasteiger partial charge in [0, 0.05) is 23.1 Å². The van der Waals surface area contributed by atoms with Crippen molar-refractivity contribution < 1.29 is 0 Å². The van der Waals surface area contributed by atoms with E-state index in [-0.39, 0.29) is 0 Å². The second kappa shape index (κ2) is 5.60. The lowest BCUT2D eigenvalue weighted by molar-refractivity contribution is 0.314. The topological polar surface area (TPSA) is 12.0 Å². The smallest absolute Gasteiger partial charge is 0.0465 e. The Labute approximate surface area is 114 Å². The van der Waals surface area contributed by atoms with Gasteiger partial charge in [0.2, 0.25) is 0 Å². The van der Waals surface area contributed by atoms with Gasteiger partial charge < -0.3 is 5.32 Å². The maximum Gasteiger partial charge on any atom is 0.0465 e. The summed E-state index contributed by atoms with van der Waals surface area (Å²) in [6, 6.07) is 5.69. The highest BCUT2D eigenvalue weighted by Crippen LogP contribution is 2.36. The van der Waals surface area contributed by atoms with Crippen molar-refractivity contribution in [2.24, 2.45) is 5.41 Å². The lowest BCUT2D eigenvalue weighted by Gasteiger charge is -2.24. The maximum atomic E-state index is 6.14. The Hall–Kier alpha value is -0.240. The minimum Gasteiger partial charge on any atom is -0.312 e. The van der Waals surface area contributed by atoms with Crippen molar-refractivity contribution in [2.45, 2.75) is 39.2 Å². The van der Waals surface area contributed by atoms with Gasteiger partial charge in [-0.1, -0.05) is 49.0 Å². The molecule has 0 spiro atoms. The molecule has 0 heterocycles. The summed E-state index contributed by atoms with van der Waals surface area (Å²) in [5.74, 6) is 0. The molecule has 0 unspecified atom stereocenters. The third-order valence-electron chi connectivity index (χ3n) is 3.69. The van der Waals surface area contributed by atoms with Crippen molar-refractivity contribution in [1.29, 1.82) is 0 Å². The fourth-order valence-electron chi connectivity index (χ4n) is 2.57. The predicted molar refractivity (Wildman–Crippen MR) is 74.7 cm³/mol. The van der Waals surface area contributed by atoms with Gasteiger partial charge in [0.15, 0.2) is 0 Å². The van der Waals surface area contributed by atoms with Gasteiger partial charge >= 0.3 is 0 Å². The first kappa shape index (κ1) is 13.2. The lowest BCUT2D eigenvalue weighted by atomic mass is 9.89. The summed E-state index contributed by atoms with van der Waals surface area (Å²) >= 11 is 12.0. The minimum atomic E-state index is 0.485. The molecule has 1 N–H and O–H groups in total. The van der Waals surface area contributed by atoms with Gasteiger partial charge in [-0.25, -0.2) is 0 Å². The highest BCUT2D eigenvalue weighted by molar-refractivity contribution is 6.35. The number of nitrogens with one attached hydrogen (secondary N) is 1. The molecule has 17 heavy (non-hydrogen) atoms. The van der Waals surface area contributed by atoms with E-state index < -0.39 is 0 Å². The molecule has 0 saturated heterocycles. The van der Waals surface area contributed by atoms with Crippen LogP contribution in [-0.2, 0) is 6.54 Å². The zero-order chi connectivity index (χ0) is 12.3. The van der Waals surface area contributed by atoms with E-state index in [4.69, 9.17) is 23.2 Å². The van der Waals surface area contributed by atoms with Crippen LogP contribution in [0.1, 0.15) is 38.2 Å². The second-order valence-corrected chi connectivity index (χ2v) is 6.20. The molecule has 0 amide bonds. The fraction of sp³-hybridized carbons (Fsp3) is 0.571. The van der Waals surface area contributed by atoms with Gasteiger partial charge in [0.05, 0.1) is 0 Å². The molecule has 1 aliphatic rings. The van der Waals surface area contributed by atoms with Gasteiger partial charge in [0.1, 0.15) is 0 Å². The summed E-state index contributed by atoms with van der Waals surface area (Å²) in [6.07, 6.45) is 5.43. The fourth-order valence-corrected chi connectivity index (χ4v) is 3.04. The zero-order valence-electron chi connectivity index (χ0n) is 10.2. The maximum absolute atomic E-state index is 6.14. The Morgan fingerprint density at radius 2 is 1.94 bits per heavy atom. The van der Waals surface area contributed by atoms with Crippen LogP contribution >= 0.6 is 23.2 Å². The van der Waals surface area contributed by atoms with Crippen LogP contribution in [0, 0.1) is 5.41 Å². The van der Waals surface area contributed by atoms with Crippen LogP contribution in [0.5, 0.6) is 0 Å². The monoisotopic (exact) mass is 271 g/mol. The molecular weight excluding hydrogens is 253 g/mol. The van der Waals surface area contributed by atoms with Crippen LogP contribution in [0.4, 0.5) is 0 Å². The molecule has 0 bridgehead atoms. The molecule has 0 aromatic heterocycles. The van der Waals surface area contributed by atoms with Crippen molar-refractivity contribution in [3.05, 3.63) is 33.8 Å². The molecule has 0 atom stereocenters. The van der Waals surface area contributed by atoms with Crippen molar-refractivity contribution in [1.82, 2.24) is 5.32 Å². The predicted octanol–water partition coefficient (Wildman–Crippen LogP) is 4.66. The number of hydrogen-bond acceptors (Lipinski definition) is 1. The van der Waals surface area contributed by atoms with Crippen LogP contribution in [0.3, 0.4) is 0 Å². The van der Waals surface area contributed by atoms with Crippen molar-refractivity contribution >= 4 is 23.2 Å². The summed E-state index contributed by atoms with van der Waals surface area (Å²) in [5.41, 5.74) is 1.61. The van der Waals surface area contributed by atoms with E-state index >= 15 is 0 Å². The SMILES string of the molecule is CC1(CNCc2ccc(Cl)cc2Cl)CCCC1. The molecule has 94 valence electrons. The first-order valence-electron chi connectivity index (χ1n) is 6.24. The Balaban J connectivity index is 1.85. The molecule has 2 rings (SSSR count). The van der Waals surface area contributed by atoms with Crippen LogP contribution in [-0.4, -0.2) is 6.54 Å². The molecular formula is C14H19Cl2N. The van der Waals surface area contributed by atoms with Gasteiger partial charge in [-0.15, -0.1) is 0 Å². The molecule has 1 nitrogen and oxygen atoms in total. The van der Waals surface area contributed by atoms with Crippen molar-refractivity contribution in [2.75, 3.05) is 6.54 Å². The molecule has 0 aliphatic heterocycles. The minimum absolute atomic E-state index is 0.485. The van der Waals surface area contributed by atoms with Crippen molar-refractivity contribution in [3.8, 4) is 0 Å². The van der Waals surface area contributed by atoms with Crippen LogP contribution < -0.4 is 5.32 Å². The first-order chi connectivity index (χ1) is 8.09. The number of halogens is 2. The first-order valence-corrected chi connectivity index (χ1v) is 6.99. The molecule has 1 saturated carbocycles. The Morgan fingerprint density at radius 3 is 2.59 bits per heavy atom. The third kappa shape index (κ3) is 3.61. The Kier molecular flexibility index (Phi) is 4.35. The van der Waals surface area contributed by atoms with E-state index in [0.29, 0.717) is 10.4 Å². The zero-order valence-corrected chi connectivity index (χ0v) is 11.7. The van der Waals surface area contributed by atoms with E-state index in [9.17, 15) is 0 Å². The normalized spacial score (nSPS) is 18.5. The van der Waals surface area contributed by atoms with Gasteiger partial charge in [-0.2, -0.15) is 0 Å². The van der Waals surface area contributed by atoms with E-state index in [2.05, 4.69) is 12.2 Å². The summed E-state index contributed by atoms with van der Waals surface area (Å²) < 4.78 is 0. The molecule has 1 fully saturated rings. The van der Waals surface area contributed by atoms with Gasteiger partial charge in [-0.3, -0.25) is 0 Å². The standard InChI is InChI=1S/C14H19Cl2N/c1-14(6-2-3-7-14)10-17-9-11-4-5-12(15)8-13(11)16/h4-5,8,17H,2-3,6-7,9-10H2,1H3. The Morgan fingerprint density at radius 1 is 1.24 bits per heavy atom. The summed E-state index contributed by atoms with van der Waals surface area (Å²) in [4.78, 5) is 0. The number of hydrogen-bond donors (Lipinski definition) is 1. The molecule has 1 aromatic carbocycles. The number of benzene rings is 1. The van der Waals surface area contributed by atoms with E-state index in [1.807, 2.05) is 12.1 Å². The molecule has 1 aliphatic carbocycles. The van der Waals surface area contributed by atoms with Gasteiger partial charge in [0.25, 0.3) is 0 Å². The average Bonchev–Trinajstić information content (AvgIpc) is 2.69. The Bertz CT molecular complexity index is 384. The molecule has 0 radical (unpaired) electrons. The van der Waals surface area contributed by atoms with Crippen LogP contribution in [0.25, 0.3) is 0 Å². The van der Waals surface area contributed by atoms with E-state index in [0.717, 1.165) is 23.7 Å². The highest BCUT2D eigenvalue weighted by Gasteiger charge is 2.27. The highest BCUT2D eigenvalue weighted by atomic mass is 35.5. The molecule has 3 heteroatoms. The summed E-state index contributed by atoms with van der Waals surface area (Å²) in [7, 11) is 0. The third-order valence-corrected chi connectivity index (χ3v) is 4.28. The lowest BCUT2D eigenvalue weighted by Crippen LogP contribution is -2.29. The van der Waals surface area contributed by atoms with Crippen LogP contribution in [0.2, 0.25) is 10.0 Å². The van der Waals surface area contributed by atoms with Crippen LogP contribution in [0.15, 0.2) is 18.2 Å². The largest absolute Gasteiger partial charge is 0.312 e.